The van der Waals surface area contributed by atoms with Gasteiger partial charge in [0.25, 0.3) is 11.5 Å². The van der Waals surface area contributed by atoms with Crippen LogP contribution in [0.25, 0.3) is 21.3 Å². The Morgan fingerprint density at radius 3 is 2.47 bits per heavy atom. The fourth-order valence-corrected chi connectivity index (χ4v) is 5.36. The molecule has 0 atom stereocenters. The summed E-state index contributed by atoms with van der Waals surface area (Å²) in [5, 5.41) is 8.66. The second-order valence-electron chi connectivity index (χ2n) is 7.23. The number of hydrazone groups is 1. The summed E-state index contributed by atoms with van der Waals surface area (Å²) >= 11 is 2.54. The third-order valence-electron chi connectivity index (χ3n) is 5.21. The summed E-state index contributed by atoms with van der Waals surface area (Å²) in [5.74, 6) is 6.01. The molecule has 0 spiro atoms. The van der Waals surface area contributed by atoms with Crippen molar-refractivity contribution in [3.63, 3.8) is 0 Å². The van der Waals surface area contributed by atoms with Crippen LogP contribution in [0, 0.1) is 0 Å². The quantitative estimate of drug-likeness (QED) is 0.279. The summed E-state index contributed by atoms with van der Waals surface area (Å²) < 4.78 is 1.03. The van der Waals surface area contributed by atoms with Crippen molar-refractivity contribution in [2.75, 3.05) is 18.1 Å². The number of hydrogen-bond donors (Lipinski definition) is 1. The van der Waals surface area contributed by atoms with E-state index in [1.165, 1.54) is 16.3 Å². The van der Waals surface area contributed by atoms with E-state index in [1.807, 2.05) is 66.0 Å². The van der Waals surface area contributed by atoms with Crippen molar-refractivity contribution in [1.82, 2.24) is 14.7 Å². The SMILES string of the molecule is Nn1c(SCC(=O)N2CCC(c3ccccc3)=N2)nc2scc(-c3ccccc3)c2c1=O. The van der Waals surface area contributed by atoms with Gasteiger partial charge in [-0.05, 0) is 11.1 Å². The predicted molar refractivity (Wildman–Crippen MR) is 129 cm³/mol. The first-order chi connectivity index (χ1) is 15.6. The molecule has 0 saturated heterocycles. The molecule has 0 fully saturated rings. The van der Waals surface area contributed by atoms with Gasteiger partial charge in [-0.15, -0.1) is 11.3 Å². The molecule has 9 heteroatoms. The number of hydrogen-bond acceptors (Lipinski definition) is 7. The molecule has 2 aromatic heterocycles. The van der Waals surface area contributed by atoms with E-state index in [9.17, 15) is 9.59 Å². The van der Waals surface area contributed by atoms with Gasteiger partial charge in [0.1, 0.15) is 4.83 Å². The number of aromatic nitrogens is 2. The molecule has 2 aromatic carbocycles. The molecule has 4 aromatic rings. The van der Waals surface area contributed by atoms with Crippen LogP contribution in [0.1, 0.15) is 12.0 Å². The largest absolute Gasteiger partial charge is 0.334 e. The number of carbonyl (C=O) groups excluding carboxylic acids is 1. The Hall–Kier alpha value is -3.43. The van der Waals surface area contributed by atoms with Crippen LogP contribution in [-0.2, 0) is 4.79 Å². The van der Waals surface area contributed by atoms with Crippen molar-refractivity contribution in [1.29, 1.82) is 0 Å². The number of fused-ring (bicyclic) bond motifs is 1. The minimum absolute atomic E-state index is 0.0949. The van der Waals surface area contributed by atoms with E-state index < -0.39 is 0 Å². The smallest absolute Gasteiger partial charge is 0.282 e. The average molecular weight is 462 g/mol. The monoisotopic (exact) mass is 461 g/mol. The topological polar surface area (TPSA) is 93.6 Å². The van der Waals surface area contributed by atoms with Crippen LogP contribution in [0.4, 0.5) is 0 Å². The molecule has 0 radical (unpaired) electrons. The predicted octanol–water partition coefficient (Wildman–Crippen LogP) is 3.57. The number of amides is 1. The maximum Gasteiger partial charge on any atom is 0.282 e. The van der Waals surface area contributed by atoms with Crippen molar-refractivity contribution >= 4 is 44.9 Å². The molecule has 2 N–H and O–H groups in total. The molecule has 1 aliphatic heterocycles. The van der Waals surface area contributed by atoms with Crippen molar-refractivity contribution in [2.45, 2.75) is 11.6 Å². The maximum atomic E-state index is 13.0. The molecule has 5 rings (SSSR count). The highest BCUT2D eigenvalue weighted by atomic mass is 32.2. The van der Waals surface area contributed by atoms with Gasteiger partial charge in [0.05, 0.1) is 23.4 Å². The van der Waals surface area contributed by atoms with Crippen LogP contribution in [0.2, 0.25) is 0 Å². The zero-order valence-corrected chi connectivity index (χ0v) is 18.6. The Bertz CT molecular complexity index is 1380. The number of rotatable bonds is 5. The molecule has 0 unspecified atom stereocenters. The Morgan fingerprint density at radius 1 is 1.06 bits per heavy atom. The molecule has 0 bridgehead atoms. The zero-order chi connectivity index (χ0) is 22.1. The van der Waals surface area contributed by atoms with E-state index in [0.717, 1.165) is 38.8 Å². The van der Waals surface area contributed by atoms with Crippen molar-refractivity contribution < 1.29 is 4.79 Å². The molecule has 160 valence electrons. The second-order valence-corrected chi connectivity index (χ2v) is 9.03. The van der Waals surface area contributed by atoms with Crippen molar-refractivity contribution in [3.05, 3.63) is 82.0 Å². The van der Waals surface area contributed by atoms with Crippen LogP contribution in [-0.4, -0.2) is 38.6 Å². The summed E-state index contributed by atoms with van der Waals surface area (Å²) in [6.45, 7) is 0.539. The first-order valence-corrected chi connectivity index (χ1v) is 11.9. The van der Waals surface area contributed by atoms with Gasteiger partial charge < -0.3 is 5.84 Å². The first kappa shape index (κ1) is 20.5. The van der Waals surface area contributed by atoms with Crippen LogP contribution >= 0.6 is 23.1 Å². The summed E-state index contributed by atoms with van der Waals surface area (Å²) in [6.07, 6.45) is 0.712. The average Bonchev–Trinajstić information content (AvgIpc) is 3.49. The lowest BCUT2D eigenvalue weighted by Gasteiger charge is -2.12. The first-order valence-electron chi connectivity index (χ1n) is 10.0. The lowest BCUT2D eigenvalue weighted by atomic mass is 10.1. The van der Waals surface area contributed by atoms with Gasteiger partial charge in [-0.25, -0.2) is 14.7 Å². The van der Waals surface area contributed by atoms with Crippen LogP contribution in [0.15, 0.2) is 81.1 Å². The lowest BCUT2D eigenvalue weighted by Crippen LogP contribution is -2.30. The summed E-state index contributed by atoms with van der Waals surface area (Å²) in [6, 6.07) is 19.5. The highest BCUT2D eigenvalue weighted by Crippen LogP contribution is 2.31. The van der Waals surface area contributed by atoms with E-state index >= 15 is 0 Å². The minimum atomic E-state index is -0.324. The van der Waals surface area contributed by atoms with Crippen LogP contribution < -0.4 is 11.4 Å². The Morgan fingerprint density at radius 2 is 1.75 bits per heavy atom. The normalized spacial score (nSPS) is 13.5. The molecule has 1 aliphatic rings. The van der Waals surface area contributed by atoms with Crippen molar-refractivity contribution in [3.8, 4) is 11.1 Å². The van der Waals surface area contributed by atoms with E-state index in [0.29, 0.717) is 28.3 Å². The van der Waals surface area contributed by atoms with Gasteiger partial charge in [-0.2, -0.15) is 5.10 Å². The Kier molecular flexibility index (Phi) is 5.50. The van der Waals surface area contributed by atoms with E-state index in [4.69, 9.17) is 5.84 Å². The second kappa shape index (κ2) is 8.60. The molecule has 32 heavy (non-hydrogen) atoms. The fourth-order valence-electron chi connectivity index (χ4n) is 3.59. The van der Waals surface area contributed by atoms with Crippen LogP contribution in [0.3, 0.4) is 0 Å². The zero-order valence-electron chi connectivity index (χ0n) is 17.0. The lowest BCUT2D eigenvalue weighted by molar-refractivity contribution is -0.127. The Balaban J connectivity index is 1.35. The number of nitrogens with zero attached hydrogens (tertiary/aromatic N) is 4. The van der Waals surface area contributed by atoms with E-state index in [-0.39, 0.29) is 17.2 Å². The number of carbonyl (C=O) groups is 1. The molecule has 0 saturated carbocycles. The number of nitrogens with two attached hydrogens (primary N) is 1. The Labute approximate surface area is 192 Å². The summed E-state index contributed by atoms with van der Waals surface area (Å²) in [4.78, 5) is 30.8. The molecule has 3 heterocycles. The van der Waals surface area contributed by atoms with Crippen LogP contribution in [0.5, 0.6) is 0 Å². The van der Waals surface area contributed by atoms with Gasteiger partial charge >= 0.3 is 0 Å². The summed E-state index contributed by atoms with van der Waals surface area (Å²) in [5.41, 5.74) is 3.34. The molecule has 0 aliphatic carbocycles. The third kappa shape index (κ3) is 3.80. The van der Waals surface area contributed by atoms with Crippen molar-refractivity contribution in [2.24, 2.45) is 5.10 Å². The van der Waals surface area contributed by atoms with Gasteiger partial charge in [0.2, 0.25) is 0 Å². The van der Waals surface area contributed by atoms with Gasteiger partial charge in [-0.1, -0.05) is 72.4 Å². The van der Waals surface area contributed by atoms with Gasteiger partial charge in [0.15, 0.2) is 5.16 Å². The number of thiophene rings is 1. The highest BCUT2D eigenvalue weighted by Gasteiger charge is 2.23. The number of benzene rings is 2. The maximum absolute atomic E-state index is 13.0. The number of thioether (sulfide) groups is 1. The van der Waals surface area contributed by atoms with E-state index in [2.05, 4.69) is 10.1 Å². The fraction of sp³-hybridized carbons (Fsp3) is 0.130. The standard InChI is InChI=1S/C23H19N5O2S2/c24-28-22(30)20-17(15-7-3-1-4-8-15)13-31-21(20)25-23(28)32-14-19(29)27-12-11-18(26-27)16-9-5-2-6-10-16/h1-10,13H,11-12,14,24H2. The number of nitrogen functional groups attached to an aromatic ring is 1. The highest BCUT2D eigenvalue weighted by molar-refractivity contribution is 7.99. The molecule has 1 amide bonds. The third-order valence-corrected chi connectivity index (χ3v) is 7.02. The molecular formula is C23H19N5O2S2. The molecular weight excluding hydrogens is 442 g/mol. The van der Waals surface area contributed by atoms with Gasteiger partial charge in [0, 0.05) is 17.4 Å². The van der Waals surface area contributed by atoms with E-state index in [1.54, 1.807) is 0 Å². The minimum Gasteiger partial charge on any atom is -0.334 e. The summed E-state index contributed by atoms with van der Waals surface area (Å²) in [7, 11) is 0. The molecule has 7 nitrogen and oxygen atoms in total. The van der Waals surface area contributed by atoms with Gasteiger partial charge in [-0.3, -0.25) is 9.59 Å².